The molecule has 1 aliphatic rings. The van der Waals surface area contributed by atoms with E-state index in [-0.39, 0.29) is 0 Å². The van der Waals surface area contributed by atoms with Gasteiger partial charge in [-0.3, -0.25) is 0 Å². The minimum Gasteiger partial charge on any atom is -0.303 e. The number of likely N-dealkylation sites (N-methyl/N-ethyl adjacent to an activating group) is 1. The lowest BCUT2D eigenvalue weighted by molar-refractivity contribution is 0.248. The van der Waals surface area contributed by atoms with Crippen LogP contribution >= 0.6 is 22.9 Å². The van der Waals surface area contributed by atoms with Crippen molar-refractivity contribution in [3.8, 4) is 0 Å². The second-order valence-electron chi connectivity index (χ2n) is 4.54. The third-order valence-corrected chi connectivity index (χ3v) is 4.59. The number of thiazole rings is 1. The van der Waals surface area contributed by atoms with Crippen molar-refractivity contribution in [2.75, 3.05) is 13.6 Å². The highest BCUT2D eigenvalue weighted by Gasteiger charge is 2.19. The van der Waals surface area contributed by atoms with E-state index in [1.54, 1.807) is 11.3 Å². The molecule has 1 fully saturated rings. The van der Waals surface area contributed by atoms with E-state index in [0.29, 0.717) is 5.88 Å². The zero-order valence-corrected chi connectivity index (χ0v) is 11.4. The normalized spacial score (nSPS) is 17.4. The minimum absolute atomic E-state index is 0.537. The van der Waals surface area contributed by atoms with E-state index in [0.717, 1.165) is 24.7 Å². The Morgan fingerprint density at radius 2 is 2.25 bits per heavy atom. The molecular weight excluding hydrogens is 240 g/mol. The molecule has 0 aliphatic heterocycles. The van der Waals surface area contributed by atoms with E-state index in [1.165, 1.54) is 30.7 Å². The average molecular weight is 259 g/mol. The molecule has 0 atom stereocenters. The highest BCUT2D eigenvalue weighted by molar-refractivity contribution is 7.09. The molecule has 0 radical (unpaired) electrons. The molecule has 1 aromatic rings. The van der Waals surface area contributed by atoms with Gasteiger partial charge in [0.25, 0.3) is 0 Å². The van der Waals surface area contributed by atoms with Crippen molar-refractivity contribution >= 4 is 22.9 Å². The van der Waals surface area contributed by atoms with E-state index in [9.17, 15) is 0 Å². The number of aromatic nitrogens is 1. The van der Waals surface area contributed by atoms with E-state index in [1.807, 2.05) is 0 Å². The maximum Gasteiger partial charge on any atom is 0.0941 e. The quantitative estimate of drug-likeness (QED) is 0.754. The summed E-state index contributed by atoms with van der Waals surface area (Å²) in [6.45, 7) is 1.12. The fourth-order valence-corrected chi connectivity index (χ4v) is 3.34. The van der Waals surface area contributed by atoms with Gasteiger partial charge in [-0.15, -0.1) is 22.9 Å². The smallest absolute Gasteiger partial charge is 0.0941 e. The molecule has 0 amide bonds. The lowest BCUT2D eigenvalue weighted by Gasteiger charge is -2.23. The SMILES string of the molecule is CN(CCc1nc(CCl)cs1)C1CCCC1. The number of hydrogen-bond acceptors (Lipinski definition) is 3. The predicted molar refractivity (Wildman–Crippen MR) is 70.3 cm³/mol. The van der Waals surface area contributed by atoms with Crippen LogP contribution in [0.2, 0.25) is 0 Å². The third kappa shape index (κ3) is 3.19. The van der Waals surface area contributed by atoms with Gasteiger partial charge in [-0.1, -0.05) is 12.8 Å². The summed E-state index contributed by atoms with van der Waals surface area (Å²) in [5, 5.41) is 3.29. The fraction of sp³-hybridized carbons (Fsp3) is 0.750. The Bertz CT molecular complexity index is 321. The molecule has 0 spiro atoms. The molecule has 1 aliphatic carbocycles. The van der Waals surface area contributed by atoms with Gasteiger partial charge in [-0.25, -0.2) is 4.98 Å². The maximum absolute atomic E-state index is 5.74. The molecular formula is C12H19ClN2S. The summed E-state index contributed by atoms with van der Waals surface area (Å²) in [7, 11) is 2.24. The molecule has 0 N–H and O–H groups in total. The summed E-state index contributed by atoms with van der Waals surface area (Å²) in [6, 6.07) is 0.812. The molecule has 2 nitrogen and oxygen atoms in total. The first-order valence-corrected chi connectivity index (χ1v) is 7.40. The van der Waals surface area contributed by atoms with Crippen molar-refractivity contribution in [3.63, 3.8) is 0 Å². The molecule has 1 saturated carbocycles. The minimum atomic E-state index is 0.537. The molecule has 4 heteroatoms. The third-order valence-electron chi connectivity index (χ3n) is 3.36. The van der Waals surface area contributed by atoms with Gasteiger partial charge in [0.05, 0.1) is 16.6 Å². The van der Waals surface area contributed by atoms with E-state index in [2.05, 4.69) is 22.3 Å². The first kappa shape index (κ1) is 12.3. The highest BCUT2D eigenvalue weighted by Crippen LogP contribution is 2.22. The lowest BCUT2D eigenvalue weighted by atomic mass is 10.2. The van der Waals surface area contributed by atoms with Gasteiger partial charge >= 0.3 is 0 Å². The summed E-state index contributed by atoms with van der Waals surface area (Å²) in [4.78, 5) is 6.98. The van der Waals surface area contributed by atoms with Crippen molar-refractivity contribution in [1.29, 1.82) is 0 Å². The average Bonchev–Trinajstić information content (AvgIpc) is 2.96. The first-order valence-electron chi connectivity index (χ1n) is 5.99. The highest BCUT2D eigenvalue weighted by atomic mass is 35.5. The van der Waals surface area contributed by atoms with Gasteiger partial charge in [0.2, 0.25) is 0 Å². The van der Waals surface area contributed by atoms with Crippen molar-refractivity contribution < 1.29 is 0 Å². The summed E-state index contributed by atoms with van der Waals surface area (Å²) < 4.78 is 0. The lowest BCUT2D eigenvalue weighted by Crippen LogP contribution is -2.30. The van der Waals surface area contributed by atoms with Crippen LogP contribution in [0.4, 0.5) is 0 Å². The zero-order chi connectivity index (χ0) is 11.4. The fourth-order valence-electron chi connectivity index (χ4n) is 2.32. The molecule has 0 bridgehead atoms. The number of halogens is 1. The molecule has 0 saturated heterocycles. The van der Waals surface area contributed by atoms with E-state index in [4.69, 9.17) is 11.6 Å². The topological polar surface area (TPSA) is 16.1 Å². The van der Waals surface area contributed by atoms with Crippen LogP contribution in [-0.4, -0.2) is 29.5 Å². The van der Waals surface area contributed by atoms with Crippen molar-refractivity contribution in [2.24, 2.45) is 0 Å². The van der Waals surface area contributed by atoms with Crippen molar-refractivity contribution in [2.45, 2.75) is 44.0 Å². The van der Waals surface area contributed by atoms with Gasteiger partial charge in [0.15, 0.2) is 0 Å². The Balaban J connectivity index is 1.77. The van der Waals surface area contributed by atoms with Crippen LogP contribution in [-0.2, 0) is 12.3 Å². The van der Waals surface area contributed by atoms with Crippen LogP contribution in [0, 0.1) is 0 Å². The second-order valence-corrected chi connectivity index (χ2v) is 5.75. The largest absolute Gasteiger partial charge is 0.303 e. The van der Waals surface area contributed by atoms with Crippen molar-refractivity contribution in [1.82, 2.24) is 9.88 Å². The Morgan fingerprint density at radius 1 is 1.50 bits per heavy atom. The molecule has 16 heavy (non-hydrogen) atoms. The summed E-state index contributed by atoms with van der Waals surface area (Å²) >= 11 is 7.48. The molecule has 90 valence electrons. The molecule has 0 unspecified atom stereocenters. The Labute approximate surface area is 107 Å². The van der Waals surface area contributed by atoms with E-state index < -0.39 is 0 Å². The summed E-state index contributed by atoms with van der Waals surface area (Å²) in [6.07, 6.45) is 6.63. The summed E-state index contributed by atoms with van der Waals surface area (Å²) in [5.41, 5.74) is 1.02. The predicted octanol–water partition coefficient (Wildman–Crippen LogP) is 3.30. The van der Waals surface area contributed by atoms with Crippen LogP contribution in [0.5, 0.6) is 0 Å². The standard InChI is InChI=1S/C12H19ClN2S/c1-15(11-4-2-3-5-11)7-6-12-14-10(8-13)9-16-12/h9,11H,2-8H2,1H3. The monoisotopic (exact) mass is 258 g/mol. The van der Waals surface area contributed by atoms with Crippen LogP contribution < -0.4 is 0 Å². The maximum atomic E-state index is 5.74. The Kier molecular flexibility index (Phi) is 4.62. The molecule has 1 heterocycles. The van der Waals surface area contributed by atoms with Gasteiger partial charge < -0.3 is 4.90 Å². The van der Waals surface area contributed by atoms with Gasteiger partial charge in [0.1, 0.15) is 0 Å². The molecule has 0 aromatic carbocycles. The van der Waals surface area contributed by atoms with Crippen LogP contribution in [0.25, 0.3) is 0 Å². The van der Waals surface area contributed by atoms with Crippen molar-refractivity contribution in [3.05, 3.63) is 16.1 Å². The Morgan fingerprint density at radius 3 is 2.88 bits per heavy atom. The molecule has 2 rings (SSSR count). The number of nitrogens with zero attached hydrogens (tertiary/aromatic N) is 2. The van der Waals surface area contributed by atoms with Crippen LogP contribution in [0.3, 0.4) is 0 Å². The van der Waals surface area contributed by atoms with Gasteiger partial charge in [-0.2, -0.15) is 0 Å². The second kappa shape index (κ2) is 5.99. The van der Waals surface area contributed by atoms with Crippen LogP contribution in [0.1, 0.15) is 36.4 Å². The first-order chi connectivity index (χ1) is 7.79. The molecule has 1 aromatic heterocycles. The van der Waals surface area contributed by atoms with Crippen LogP contribution in [0.15, 0.2) is 5.38 Å². The number of rotatable bonds is 5. The Hall–Kier alpha value is -0.120. The van der Waals surface area contributed by atoms with Gasteiger partial charge in [0, 0.05) is 24.4 Å². The zero-order valence-electron chi connectivity index (χ0n) is 9.79. The van der Waals surface area contributed by atoms with Gasteiger partial charge in [-0.05, 0) is 19.9 Å². The number of hydrogen-bond donors (Lipinski definition) is 0. The number of alkyl halides is 1. The summed E-state index contributed by atoms with van der Waals surface area (Å²) in [5.74, 6) is 0.537. The van der Waals surface area contributed by atoms with E-state index >= 15 is 0 Å².